The van der Waals surface area contributed by atoms with Crippen molar-refractivity contribution in [3.8, 4) is 0 Å². The van der Waals surface area contributed by atoms with E-state index in [4.69, 9.17) is 0 Å². The van der Waals surface area contributed by atoms with Gasteiger partial charge in [0.15, 0.2) is 0 Å². The highest BCUT2D eigenvalue weighted by molar-refractivity contribution is 5.26. The molecule has 1 aromatic carbocycles. The van der Waals surface area contributed by atoms with Crippen LogP contribution in [-0.2, 0) is 13.0 Å². The van der Waals surface area contributed by atoms with Crippen LogP contribution in [0.4, 0.5) is 0 Å². The minimum Gasteiger partial charge on any atom is -0.314 e. The van der Waals surface area contributed by atoms with Gasteiger partial charge < -0.3 is 5.32 Å². The van der Waals surface area contributed by atoms with E-state index in [1.807, 2.05) is 12.3 Å². The average molecular weight is 295 g/mol. The standard InChI is InChI=1S/C19H25N3/c1-3-16-6-8-17(9-7-16)19-13-20-11-12-22(19)14-18-5-4-10-21-15(18)2/h4-10,19-20H,3,11-14H2,1-2H3. The van der Waals surface area contributed by atoms with Crippen molar-refractivity contribution in [3.63, 3.8) is 0 Å². The van der Waals surface area contributed by atoms with Gasteiger partial charge in [-0.05, 0) is 36.1 Å². The first-order valence-electron chi connectivity index (χ1n) is 8.22. The summed E-state index contributed by atoms with van der Waals surface area (Å²) in [5.74, 6) is 0. The van der Waals surface area contributed by atoms with Crippen molar-refractivity contribution < 1.29 is 0 Å². The molecule has 1 aliphatic rings. The second-order valence-corrected chi connectivity index (χ2v) is 6.03. The SMILES string of the molecule is CCc1ccc(C2CNCCN2Cc2cccnc2C)cc1. The zero-order valence-electron chi connectivity index (χ0n) is 13.5. The van der Waals surface area contributed by atoms with Crippen molar-refractivity contribution in [1.29, 1.82) is 0 Å². The van der Waals surface area contributed by atoms with E-state index < -0.39 is 0 Å². The minimum atomic E-state index is 0.444. The van der Waals surface area contributed by atoms with Crippen LogP contribution in [0.15, 0.2) is 42.6 Å². The minimum absolute atomic E-state index is 0.444. The van der Waals surface area contributed by atoms with Crippen LogP contribution in [-0.4, -0.2) is 29.5 Å². The monoisotopic (exact) mass is 295 g/mol. The molecule has 1 fully saturated rings. The highest BCUT2D eigenvalue weighted by atomic mass is 15.2. The summed E-state index contributed by atoms with van der Waals surface area (Å²) in [6.45, 7) is 8.43. The van der Waals surface area contributed by atoms with Gasteiger partial charge in [-0.1, -0.05) is 37.3 Å². The fraction of sp³-hybridized carbons (Fsp3) is 0.421. The Kier molecular flexibility index (Phi) is 4.86. The van der Waals surface area contributed by atoms with Crippen molar-refractivity contribution in [3.05, 3.63) is 65.0 Å². The van der Waals surface area contributed by atoms with E-state index in [0.717, 1.165) is 38.3 Å². The van der Waals surface area contributed by atoms with Crippen LogP contribution < -0.4 is 5.32 Å². The second-order valence-electron chi connectivity index (χ2n) is 6.03. The molecule has 0 saturated carbocycles. The summed E-state index contributed by atoms with van der Waals surface area (Å²) in [5.41, 5.74) is 5.29. The predicted molar refractivity (Wildman–Crippen MR) is 90.8 cm³/mol. The fourth-order valence-corrected chi connectivity index (χ4v) is 3.14. The van der Waals surface area contributed by atoms with Crippen LogP contribution in [0.5, 0.6) is 0 Å². The van der Waals surface area contributed by atoms with Crippen molar-refractivity contribution in [2.75, 3.05) is 19.6 Å². The molecule has 1 atom stereocenters. The van der Waals surface area contributed by atoms with E-state index in [9.17, 15) is 0 Å². The molecule has 0 aliphatic carbocycles. The van der Waals surface area contributed by atoms with E-state index in [-0.39, 0.29) is 0 Å². The van der Waals surface area contributed by atoms with Crippen LogP contribution >= 0.6 is 0 Å². The zero-order chi connectivity index (χ0) is 15.4. The number of aromatic nitrogens is 1. The molecule has 3 rings (SSSR count). The summed E-state index contributed by atoms with van der Waals surface area (Å²) < 4.78 is 0. The maximum atomic E-state index is 4.42. The van der Waals surface area contributed by atoms with Crippen molar-refractivity contribution in [2.24, 2.45) is 0 Å². The number of rotatable bonds is 4. The number of piperazine rings is 1. The van der Waals surface area contributed by atoms with Gasteiger partial charge in [0, 0.05) is 44.1 Å². The average Bonchev–Trinajstić information content (AvgIpc) is 2.58. The number of hydrogen-bond donors (Lipinski definition) is 1. The van der Waals surface area contributed by atoms with Gasteiger partial charge in [0.05, 0.1) is 0 Å². The molecule has 2 aromatic rings. The van der Waals surface area contributed by atoms with Gasteiger partial charge >= 0.3 is 0 Å². The Morgan fingerprint density at radius 3 is 2.77 bits per heavy atom. The topological polar surface area (TPSA) is 28.2 Å². The van der Waals surface area contributed by atoms with Gasteiger partial charge in [-0.25, -0.2) is 0 Å². The van der Waals surface area contributed by atoms with E-state index in [1.165, 1.54) is 16.7 Å². The van der Waals surface area contributed by atoms with Gasteiger partial charge in [0.1, 0.15) is 0 Å². The van der Waals surface area contributed by atoms with E-state index in [1.54, 1.807) is 0 Å². The maximum Gasteiger partial charge on any atom is 0.0476 e. The Morgan fingerprint density at radius 1 is 1.23 bits per heavy atom. The zero-order valence-corrected chi connectivity index (χ0v) is 13.5. The second kappa shape index (κ2) is 7.03. The lowest BCUT2D eigenvalue weighted by Crippen LogP contribution is -2.45. The summed E-state index contributed by atoms with van der Waals surface area (Å²) >= 11 is 0. The molecular weight excluding hydrogens is 270 g/mol. The lowest BCUT2D eigenvalue weighted by molar-refractivity contribution is 0.153. The molecule has 3 heteroatoms. The van der Waals surface area contributed by atoms with Gasteiger partial charge in [-0.2, -0.15) is 0 Å². The molecule has 3 nitrogen and oxygen atoms in total. The van der Waals surface area contributed by atoms with Crippen LogP contribution in [0.1, 0.15) is 35.3 Å². The molecular formula is C19H25N3. The molecule has 0 radical (unpaired) electrons. The molecule has 116 valence electrons. The first-order valence-corrected chi connectivity index (χ1v) is 8.22. The Morgan fingerprint density at radius 2 is 2.05 bits per heavy atom. The number of pyridine rings is 1. The summed E-state index contributed by atoms with van der Waals surface area (Å²) in [4.78, 5) is 6.99. The number of benzene rings is 1. The number of hydrogen-bond acceptors (Lipinski definition) is 3. The Hall–Kier alpha value is -1.71. The Labute approximate surface area is 133 Å². The third kappa shape index (κ3) is 3.37. The molecule has 22 heavy (non-hydrogen) atoms. The van der Waals surface area contributed by atoms with Crippen molar-refractivity contribution in [2.45, 2.75) is 32.9 Å². The first-order chi connectivity index (χ1) is 10.8. The van der Waals surface area contributed by atoms with Crippen LogP contribution in [0.2, 0.25) is 0 Å². The number of nitrogens with zero attached hydrogens (tertiary/aromatic N) is 2. The highest BCUT2D eigenvalue weighted by Crippen LogP contribution is 2.25. The molecule has 1 unspecified atom stereocenters. The molecule has 1 N–H and O–H groups in total. The first kappa shape index (κ1) is 15.2. The van der Waals surface area contributed by atoms with Gasteiger partial charge in [0.25, 0.3) is 0 Å². The quantitative estimate of drug-likeness (QED) is 0.939. The molecule has 1 saturated heterocycles. The smallest absolute Gasteiger partial charge is 0.0476 e. The fourth-order valence-electron chi connectivity index (χ4n) is 3.14. The molecule has 1 aliphatic heterocycles. The molecule has 2 heterocycles. The normalized spacial score (nSPS) is 19.3. The van der Waals surface area contributed by atoms with Crippen LogP contribution in [0, 0.1) is 6.92 Å². The van der Waals surface area contributed by atoms with Gasteiger partial charge in [-0.3, -0.25) is 9.88 Å². The highest BCUT2D eigenvalue weighted by Gasteiger charge is 2.24. The predicted octanol–water partition coefficient (Wildman–Crippen LogP) is 3.10. The third-order valence-corrected chi connectivity index (χ3v) is 4.62. The largest absolute Gasteiger partial charge is 0.314 e. The summed E-state index contributed by atoms with van der Waals surface area (Å²) in [7, 11) is 0. The number of nitrogens with one attached hydrogen (secondary N) is 1. The van der Waals surface area contributed by atoms with Crippen molar-refractivity contribution in [1.82, 2.24) is 15.2 Å². The maximum absolute atomic E-state index is 4.42. The molecule has 0 amide bonds. The lowest BCUT2D eigenvalue weighted by Gasteiger charge is -2.36. The third-order valence-electron chi connectivity index (χ3n) is 4.62. The van der Waals surface area contributed by atoms with Crippen LogP contribution in [0.25, 0.3) is 0 Å². The summed E-state index contributed by atoms with van der Waals surface area (Å²) in [6.07, 6.45) is 2.97. The Bertz CT molecular complexity index is 606. The van der Waals surface area contributed by atoms with Crippen molar-refractivity contribution >= 4 is 0 Å². The van der Waals surface area contributed by atoms with Gasteiger partial charge in [0.2, 0.25) is 0 Å². The number of aryl methyl sites for hydroxylation is 2. The molecule has 0 spiro atoms. The lowest BCUT2D eigenvalue weighted by atomic mass is 10.00. The molecule has 1 aromatic heterocycles. The molecule has 0 bridgehead atoms. The van der Waals surface area contributed by atoms with E-state index in [2.05, 4.69) is 59.4 Å². The van der Waals surface area contributed by atoms with E-state index in [0.29, 0.717) is 6.04 Å². The van der Waals surface area contributed by atoms with Gasteiger partial charge in [-0.15, -0.1) is 0 Å². The Balaban J connectivity index is 1.80. The summed E-state index contributed by atoms with van der Waals surface area (Å²) in [6, 6.07) is 13.8. The summed E-state index contributed by atoms with van der Waals surface area (Å²) in [5, 5.41) is 3.54. The van der Waals surface area contributed by atoms with E-state index >= 15 is 0 Å². The van der Waals surface area contributed by atoms with Crippen LogP contribution in [0.3, 0.4) is 0 Å².